The molecule has 3 aromatic carbocycles. The molecule has 3 aromatic rings. The maximum atomic E-state index is 13.0. The second-order valence-corrected chi connectivity index (χ2v) is 7.23. The third-order valence-electron chi connectivity index (χ3n) is 5.27. The van der Waals surface area contributed by atoms with Gasteiger partial charge >= 0.3 is 6.03 Å². The Balaban J connectivity index is 1.41. The Hall–Kier alpha value is -3.68. The number of halogens is 1. The predicted octanol–water partition coefficient (Wildman–Crippen LogP) is 2.83. The molecular formula is C22H21FN4O3. The van der Waals surface area contributed by atoms with Crippen molar-refractivity contribution in [2.45, 2.75) is 6.92 Å². The Bertz CT molecular complexity index is 1140. The number of anilines is 4. The quantitative estimate of drug-likeness (QED) is 0.649. The largest absolute Gasteiger partial charge is 0.363 e. The van der Waals surface area contributed by atoms with Crippen molar-refractivity contribution < 1.29 is 9.18 Å². The second-order valence-electron chi connectivity index (χ2n) is 7.23. The average molecular weight is 408 g/mol. The molecule has 1 aliphatic heterocycles. The van der Waals surface area contributed by atoms with Crippen molar-refractivity contribution >= 4 is 28.8 Å². The van der Waals surface area contributed by atoms with Crippen LogP contribution in [-0.4, -0.2) is 37.1 Å². The monoisotopic (exact) mass is 408 g/mol. The van der Waals surface area contributed by atoms with E-state index in [1.54, 1.807) is 4.90 Å². The first-order valence-corrected chi connectivity index (χ1v) is 9.66. The fraction of sp³-hybridized carbons (Fsp3) is 0.227. The summed E-state index contributed by atoms with van der Waals surface area (Å²) < 4.78 is 13.0. The molecule has 2 N–H and O–H groups in total. The number of amides is 2. The maximum absolute atomic E-state index is 13.0. The van der Waals surface area contributed by atoms with E-state index < -0.39 is 10.9 Å². The lowest BCUT2D eigenvalue weighted by molar-refractivity contribution is 0.208. The minimum atomic E-state index is -0.523. The molecule has 2 amide bonds. The Morgan fingerprint density at radius 3 is 2.27 bits per heavy atom. The fourth-order valence-electron chi connectivity index (χ4n) is 3.51. The summed E-state index contributed by atoms with van der Waals surface area (Å²) in [6, 6.07) is 12.8. The van der Waals surface area contributed by atoms with Gasteiger partial charge in [-0.15, -0.1) is 0 Å². The van der Waals surface area contributed by atoms with Gasteiger partial charge in [0.15, 0.2) is 0 Å². The number of aryl methyl sites for hydroxylation is 1. The molecule has 0 aromatic heterocycles. The number of carbonyl (C=O) groups excluding carboxylic acids is 1. The van der Waals surface area contributed by atoms with Crippen LogP contribution in [0, 0.1) is 12.7 Å². The van der Waals surface area contributed by atoms with E-state index in [4.69, 9.17) is 0 Å². The number of hydrogen-bond donors (Lipinski definition) is 2. The second kappa shape index (κ2) is 7.98. The average Bonchev–Trinajstić information content (AvgIpc) is 2.76. The van der Waals surface area contributed by atoms with E-state index in [-0.39, 0.29) is 11.8 Å². The fourth-order valence-corrected chi connectivity index (χ4v) is 3.51. The minimum absolute atomic E-state index is 0.287. The molecule has 0 atom stereocenters. The van der Waals surface area contributed by atoms with Gasteiger partial charge in [-0.25, -0.2) is 9.18 Å². The van der Waals surface area contributed by atoms with Gasteiger partial charge in [-0.05, 0) is 42.8 Å². The summed E-state index contributed by atoms with van der Waals surface area (Å²) in [5.41, 5.74) is 1.92. The van der Waals surface area contributed by atoms with Crippen LogP contribution in [0.2, 0.25) is 0 Å². The van der Waals surface area contributed by atoms with Crippen LogP contribution in [0.4, 0.5) is 31.9 Å². The molecule has 1 aliphatic rings. The Kier molecular flexibility index (Phi) is 5.22. The van der Waals surface area contributed by atoms with E-state index in [9.17, 15) is 18.8 Å². The van der Waals surface area contributed by atoms with E-state index >= 15 is 0 Å². The van der Waals surface area contributed by atoms with Crippen molar-refractivity contribution in [3.8, 4) is 0 Å². The minimum Gasteiger partial charge on any atom is -0.363 e. The number of para-hydroxylation sites is 1. The first kappa shape index (κ1) is 19.6. The zero-order chi connectivity index (χ0) is 21.3. The lowest BCUT2D eigenvalue weighted by atomic mass is 10.1. The van der Waals surface area contributed by atoms with E-state index in [1.807, 2.05) is 36.1 Å². The molecule has 4 rings (SSSR count). The SMILES string of the molecule is Cc1ccccc1Nc1c(N2CCN(C(=O)Nc3ccc(F)cc3)CC2)c(=O)c1=O. The molecule has 0 aliphatic carbocycles. The molecule has 0 bridgehead atoms. The van der Waals surface area contributed by atoms with Gasteiger partial charge in [0.2, 0.25) is 0 Å². The number of urea groups is 1. The summed E-state index contributed by atoms with van der Waals surface area (Å²) in [6.07, 6.45) is 0. The first-order valence-electron chi connectivity index (χ1n) is 9.66. The molecule has 7 nitrogen and oxygen atoms in total. The predicted molar refractivity (Wildman–Crippen MR) is 115 cm³/mol. The number of nitrogens with zero attached hydrogens (tertiary/aromatic N) is 2. The number of nitrogens with one attached hydrogen (secondary N) is 2. The van der Waals surface area contributed by atoms with Crippen molar-refractivity contribution in [3.05, 3.63) is 80.4 Å². The number of hydrogen-bond acceptors (Lipinski definition) is 5. The highest BCUT2D eigenvalue weighted by Gasteiger charge is 2.30. The van der Waals surface area contributed by atoms with Crippen molar-refractivity contribution in [1.29, 1.82) is 0 Å². The van der Waals surface area contributed by atoms with E-state index in [0.717, 1.165) is 11.3 Å². The molecule has 8 heteroatoms. The summed E-state index contributed by atoms with van der Waals surface area (Å²) >= 11 is 0. The van der Waals surface area contributed by atoms with Gasteiger partial charge in [0, 0.05) is 37.6 Å². The van der Waals surface area contributed by atoms with Gasteiger partial charge in [-0.2, -0.15) is 0 Å². The van der Waals surface area contributed by atoms with Crippen LogP contribution >= 0.6 is 0 Å². The molecule has 0 spiro atoms. The number of piperazine rings is 1. The third-order valence-corrected chi connectivity index (χ3v) is 5.27. The van der Waals surface area contributed by atoms with Crippen LogP contribution < -0.4 is 26.4 Å². The van der Waals surface area contributed by atoms with Crippen LogP contribution in [0.25, 0.3) is 0 Å². The van der Waals surface area contributed by atoms with Crippen LogP contribution in [0.15, 0.2) is 58.1 Å². The summed E-state index contributed by atoms with van der Waals surface area (Å²) in [4.78, 5) is 40.2. The van der Waals surface area contributed by atoms with Gasteiger partial charge in [-0.1, -0.05) is 18.2 Å². The Morgan fingerprint density at radius 2 is 1.60 bits per heavy atom. The maximum Gasteiger partial charge on any atom is 0.321 e. The first-order chi connectivity index (χ1) is 14.4. The van der Waals surface area contributed by atoms with Crippen molar-refractivity contribution in [2.75, 3.05) is 41.7 Å². The highest BCUT2D eigenvalue weighted by molar-refractivity contribution is 5.89. The third kappa shape index (κ3) is 3.76. The molecule has 0 radical (unpaired) electrons. The van der Waals surface area contributed by atoms with Crippen molar-refractivity contribution in [1.82, 2.24) is 4.90 Å². The molecular weight excluding hydrogens is 387 g/mol. The summed E-state index contributed by atoms with van der Waals surface area (Å²) in [5, 5.41) is 5.82. The Labute approximate surface area is 172 Å². The highest BCUT2D eigenvalue weighted by atomic mass is 19.1. The number of benzene rings is 2. The van der Waals surface area contributed by atoms with Gasteiger partial charge in [0.1, 0.15) is 17.2 Å². The van der Waals surface area contributed by atoms with Gasteiger partial charge in [0.05, 0.1) is 0 Å². The van der Waals surface area contributed by atoms with Gasteiger partial charge < -0.3 is 20.4 Å². The lowest BCUT2D eigenvalue weighted by Crippen LogP contribution is -2.53. The molecule has 154 valence electrons. The molecule has 1 fully saturated rings. The summed E-state index contributed by atoms with van der Waals surface area (Å²) in [7, 11) is 0. The zero-order valence-electron chi connectivity index (χ0n) is 16.4. The topological polar surface area (TPSA) is 81.8 Å². The lowest BCUT2D eigenvalue weighted by Gasteiger charge is -2.37. The van der Waals surface area contributed by atoms with Crippen molar-refractivity contribution in [3.63, 3.8) is 0 Å². The van der Waals surface area contributed by atoms with Crippen LogP contribution in [0.5, 0.6) is 0 Å². The molecule has 1 heterocycles. The molecule has 0 unspecified atom stereocenters. The smallest absolute Gasteiger partial charge is 0.321 e. The van der Waals surface area contributed by atoms with Gasteiger partial charge in [0.25, 0.3) is 10.9 Å². The van der Waals surface area contributed by atoms with Gasteiger partial charge in [-0.3, -0.25) is 9.59 Å². The summed E-state index contributed by atoms with van der Waals surface area (Å²) in [6.45, 7) is 3.59. The molecule has 0 saturated carbocycles. The van der Waals surface area contributed by atoms with Crippen LogP contribution in [-0.2, 0) is 0 Å². The standard InChI is InChI=1S/C22H21FN4O3/c1-14-4-2-3-5-17(14)25-18-19(21(29)20(18)28)26-10-12-27(13-11-26)22(30)24-16-8-6-15(23)7-9-16/h2-9,25H,10-13H2,1H3,(H,24,30). The van der Waals surface area contributed by atoms with Crippen LogP contribution in [0.3, 0.4) is 0 Å². The van der Waals surface area contributed by atoms with E-state index in [2.05, 4.69) is 10.6 Å². The van der Waals surface area contributed by atoms with E-state index in [1.165, 1.54) is 24.3 Å². The Morgan fingerprint density at radius 1 is 0.933 bits per heavy atom. The number of rotatable bonds is 4. The molecule has 1 saturated heterocycles. The van der Waals surface area contributed by atoms with E-state index in [0.29, 0.717) is 43.2 Å². The van der Waals surface area contributed by atoms with Crippen molar-refractivity contribution in [2.24, 2.45) is 0 Å². The number of carbonyl (C=O) groups is 1. The molecule has 30 heavy (non-hydrogen) atoms. The normalized spacial score (nSPS) is 14.1. The highest BCUT2D eigenvalue weighted by Crippen LogP contribution is 2.27. The summed E-state index contributed by atoms with van der Waals surface area (Å²) in [5.74, 6) is -0.371. The van der Waals surface area contributed by atoms with Crippen LogP contribution in [0.1, 0.15) is 5.56 Å². The zero-order valence-corrected chi connectivity index (χ0v) is 16.4.